The van der Waals surface area contributed by atoms with Crippen LogP contribution in [0.2, 0.25) is 5.02 Å². The third kappa shape index (κ3) is 1.72. The van der Waals surface area contributed by atoms with E-state index in [1.54, 1.807) is 0 Å². The lowest BCUT2D eigenvalue weighted by molar-refractivity contribution is 0.0600. The van der Waals surface area contributed by atoms with Gasteiger partial charge in [-0.05, 0) is 12.1 Å². The highest BCUT2D eigenvalue weighted by molar-refractivity contribution is 6.34. The number of ether oxygens (including phenoxy) is 1. The lowest BCUT2D eigenvalue weighted by atomic mass is 10.2. The molecule has 0 aliphatic heterocycles. The van der Waals surface area contributed by atoms with Crippen molar-refractivity contribution < 1.29 is 13.9 Å². The molecular formula is C8H7ClFNO2. The Kier molecular flexibility index (Phi) is 2.72. The molecular weight excluding hydrogens is 197 g/mol. The lowest BCUT2D eigenvalue weighted by Crippen LogP contribution is -2.04. The molecule has 1 aromatic rings. The minimum atomic E-state index is -0.801. The Morgan fingerprint density at radius 1 is 1.62 bits per heavy atom. The maximum absolute atomic E-state index is 13.0. The first-order chi connectivity index (χ1) is 6.07. The molecule has 0 atom stereocenters. The summed E-state index contributed by atoms with van der Waals surface area (Å²) in [5.41, 5.74) is 5.09. The first-order valence-corrected chi connectivity index (χ1v) is 3.77. The van der Waals surface area contributed by atoms with Crippen LogP contribution in [-0.4, -0.2) is 13.1 Å². The van der Waals surface area contributed by atoms with Gasteiger partial charge in [-0.15, -0.1) is 0 Å². The molecule has 2 N–H and O–H groups in total. The van der Waals surface area contributed by atoms with E-state index in [1.807, 2.05) is 0 Å². The highest BCUT2D eigenvalue weighted by Crippen LogP contribution is 2.24. The highest BCUT2D eigenvalue weighted by Gasteiger charge is 2.15. The molecule has 0 saturated heterocycles. The van der Waals surface area contributed by atoms with Crippen molar-refractivity contribution in [3.05, 3.63) is 28.5 Å². The van der Waals surface area contributed by atoms with Crippen molar-refractivity contribution in [2.24, 2.45) is 0 Å². The number of halogens is 2. The second kappa shape index (κ2) is 3.62. The first-order valence-electron chi connectivity index (χ1n) is 3.39. The fraction of sp³-hybridized carbons (Fsp3) is 0.125. The summed E-state index contributed by atoms with van der Waals surface area (Å²) in [4.78, 5) is 11.0. The molecule has 0 unspecified atom stereocenters. The number of anilines is 1. The third-order valence-corrected chi connectivity index (χ3v) is 1.89. The molecule has 0 radical (unpaired) electrons. The van der Waals surface area contributed by atoms with Gasteiger partial charge >= 0.3 is 5.97 Å². The number of hydrogen-bond donors (Lipinski definition) is 1. The van der Waals surface area contributed by atoms with Crippen LogP contribution in [0.3, 0.4) is 0 Å². The van der Waals surface area contributed by atoms with Gasteiger partial charge in [0, 0.05) is 0 Å². The van der Waals surface area contributed by atoms with Crippen LogP contribution >= 0.6 is 11.6 Å². The quantitative estimate of drug-likeness (QED) is 0.560. The van der Waals surface area contributed by atoms with E-state index in [4.69, 9.17) is 17.3 Å². The summed E-state index contributed by atoms with van der Waals surface area (Å²) in [6.45, 7) is 0. The van der Waals surface area contributed by atoms with E-state index in [-0.39, 0.29) is 16.3 Å². The molecule has 5 heteroatoms. The van der Waals surface area contributed by atoms with Gasteiger partial charge in [0.2, 0.25) is 0 Å². The predicted molar refractivity (Wildman–Crippen MR) is 47.2 cm³/mol. The minimum Gasteiger partial charge on any atom is -0.465 e. The van der Waals surface area contributed by atoms with E-state index in [1.165, 1.54) is 19.2 Å². The zero-order valence-electron chi connectivity index (χ0n) is 6.80. The van der Waals surface area contributed by atoms with Gasteiger partial charge in [-0.3, -0.25) is 0 Å². The molecule has 0 aliphatic carbocycles. The number of nitrogens with two attached hydrogens (primary N) is 1. The molecule has 70 valence electrons. The Hall–Kier alpha value is -1.29. The van der Waals surface area contributed by atoms with Gasteiger partial charge in [0.15, 0.2) is 5.82 Å². The van der Waals surface area contributed by atoms with E-state index in [0.29, 0.717) is 0 Å². The summed E-state index contributed by atoms with van der Waals surface area (Å²) in [5.74, 6) is -1.49. The van der Waals surface area contributed by atoms with Crippen LogP contribution in [0.5, 0.6) is 0 Å². The first kappa shape index (κ1) is 9.80. The summed E-state index contributed by atoms with van der Waals surface area (Å²) >= 11 is 5.52. The van der Waals surface area contributed by atoms with Crippen molar-refractivity contribution in [3.63, 3.8) is 0 Å². The number of benzene rings is 1. The van der Waals surface area contributed by atoms with Crippen LogP contribution in [0.25, 0.3) is 0 Å². The van der Waals surface area contributed by atoms with Gasteiger partial charge in [0.1, 0.15) is 0 Å². The third-order valence-electron chi connectivity index (χ3n) is 1.52. The Balaban J connectivity index is 3.26. The fourth-order valence-electron chi connectivity index (χ4n) is 0.832. The maximum Gasteiger partial charge on any atom is 0.339 e. The van der Waals surface area contributed by atoms with E-state index in [9.17, 15) is 9.18 Å². The predicted octanol–water partition coefficient (Wildman–Crippen LogP) is 1.85. The molecule has 0 bridgehead atoms. The number of hydrogen-bond acceptors (Lipinski definition) is 3. The van der Waals surface area contributed by atoms with Gasteiger partial charge in [-0.25, -0.2) is 9.18 Å². The number of nitrogen functional groups attached to an aromatic ring is 1. The van der Waals surface area contributed by atoms with Crippen LogP contribution in [0.15, 0.2) is 12.1 Å². The topological polar surface area (TPSA) is 52.3 Å². The average Bonchev–Trinajstić information content (AvgIpc) is 2.13. The summed E-state index contributed by atoms with van der Waals surface area (Å²) in [7, 11) is 1.19. The van der Waals surface area contributed by atoms with Crippen LogP contribution in [0.1, 0.15) is 10.4 Å². The molecule has 0 heterocycles. The Morgan fingerprint density at radius 2 is 2.23 bits per heavy atom. The molecule has 0 fully saturated rings. The van der Waals surface area contributed by atoms with Gasteiger partial charge in [0.25, 0.3) is 0 Å². The minimum absolute atomic E-state index is 0.0316. The second-order valence-electron chi connectivity index (χ2n) is 2.32. The van der Waals surface area contributed by atoms with Crippen LogP contribution in [0.4, 0.5) is 10.1 Å². The van der Waals surface area contributed by atoms with E-state index in [0.717, 1.165) is 0 Å². The zero-order valence-corrected chi connectivity index (χ0v) is 7.56. The summed E-state index contributed by atoms with van der Waals surface area (Å²) in [6, 6.07) is 2.57. The molecule has 1 aromatic carbocycles. The Morgan fingerprint density at radius 3 is 2.77 bits per heavy atom. The van der Waals surface area contributed by atoms with Crippen LogP contribution < -0.4 is 5.73 Å². The number of methoxy groups -OCH3 is 1. The average molecular weight is 204 g/mol. The molecule has 0 amide bonds. The van der Waals surface area contributed by atoms with E-state index < -0.39 is 11.8 Å². The molecule has 0 aromatic heterocycles. The normalized spacial score (nSPS) is 9.77. The number of carbonyl (C=O) groups is 1. The Labute approximate surface area is 79.2 Å². The summed E-state index contributed by atoms with van der Waals surface area (Å²) in [6.07, 6.45) is 0. The van der Waals surface area contributed by atoms with Crippen LogP contribution in [-0.2, 0) is 4.74 Å². The molecule has 1 rings (SSSR count). The van der Waals surface area contributed by atoms with Crippen molar-refractivity contribution in [2.75, 3.05) is 12.8 Å². The number of rotatable bonds is 1. The highest BCUT2D eigenvalue weighted by atomic mass is 35.5. The smallest absolute Gasteiger partial charge is 0.339 e. The molecule has 0 aliphatic rings. The van der Waals surface area contributed by atoms with Gasteiger partial charge < -0.3 is 10.5 Å². The Bertz CT molecular complexity index is 354. The summed E-state index contributed by atoms with van der Waals surface area (Å²) < 4.78 is 17.4. The maximum atomic E-state index is 13.0. The monoisotopic (exact) mass is 203 g/mol. The number of carbonyl (C=O) groups excluding carboxylic acids is 1. The van der Waals surface area contributed by atoms with Gasteiger partial charge in [-0.1, -0.05) is 11.6 Å². The van der Waals surface area contributed by atoms with E-state index >= 15 is 0 Å². The summed E-state index contributed by atoms with van der Waals surface area (Å²) in [5, 5.41) is -0.313. The molecule has 0 spiro atoms. The van der Waals surface area contributed by atoms with Crippen molar-refractivity contribution >= 4 is 23.3 Å². The van der Waals surface area contributed by atoms with Crippen molar-refractivity contribution in [2.45, 2.75) is 0 Å². The van der Waals surface area contributed by atoms with Crippen LogP contribution in [0, 0.1) is 5.82 Å². The van der Waals surface area contributed by atoms with Gasteiger partial charge in [0.05, 0.1) is 23.4 Å². The number of esters is 1. The van der Waals surface area contributed by atoms with E-state index in [2.05, 4.69) is 4.74 Å². The molecule has 13 heavy (non-hydrogen) atoms. The van der Waals surface area contributed by atoms with Crippen molar-refractivity contribution in [1.82, 2.24) is 0 Å². The SMILES string of the molecule is COC(=O)c1ccc(N)c(F)c1Cl. The van der Waals surface area contributed by atoms with Gasteiger partial charge in [-0.2, -0.15) is 0 Å². The fourth-order valence-corrected chi connectivity index (χ4v) is 1.08. The molecule has 0 saturated carbocycles. The lowest BCUT2D eigenvalue weighted by Gasteiger charge is -2.04. The molecule has 3 nitrogen and oxygen atoms in total. The largest absolute Gasteiger partial charge is 0.465 e. The second-order valence-corrected chi connectivity index (χ2v) is 2.70. The zero-order chi connectivity index (χ0) is 10.0. The van der Waals surface area contributed by atoms with Crippen molar-refractivity contribution in [3.8, 4) is 0 Å². The van der Waals surface area contributed by atoms with Crippen molar-refractivity contribution in [1.29, 1.82) is 0 Å². The standard InChI is InChI=1S/C8H7ClFNO2/c1-13-8(12)4-2-3-5(11)7(10)6(4)9/h2-3H,11H2,1H3.